The van der Waals surface area contributed by atoms with Crippen LogP contribution in [0, 0.1) is 0 Å². The van der Waals surface area contributed by atoms with Crippen LogP contribution in [0.4, 0.5) is 0 Å². The molecule has 1 saturated carbocycles. The molecule has 2 unspecified atom stereocenters. The van der Waals surface area contributed by atoms with Gasteiger partial charge in [0.05, 0.1) is 12.4 Å². The molecule has 2 aromatic heterocycles. The number of hydrogen-bond donors (Lipinski definition) is 1. The highest BCUT2D eigenvalue weighted by atomic mass is 35.5. The Labute approximate surface area is 132 Å². The van der Waals surface area contributed by atoms with Crippen molar-refractivity contribution >= 4 is 29.1 Å². The Hall–Kier alpha value is -1.59. The molecule has 0 radical (unpaired) electrons. The molecule has 0 aliphatic heterocycles. The average Bonchev–Trinajstić information content (AvgIpc) is 3.07. The molecule has 1 amide bonds. The second-order valence-corrected chi connectivity index (χ2v) is 5.86. The molecule has 1 fully saturated rings. The lowest BCUT2D eigenvalue weighted by molar-refractivity contribution is 0.0928. The van der Waals surface area contributed by atoms with Crippen LogP contribution in [0.15, 0.2) is 30.9 Å². The van der Waals surface area contributed by atoms with E-state index in [0.717, 1.165) is 19.3 Å². The summed E-state index contributed by atoms with van der Waals surface area (Å²) in [4.78, 5) is 20.3. The summed E-state index contributed by atoms with van der Waals surface area (Å²) in [7, 11) is 0. The molecule has 1 aliphatic rings. The Morgan fingerprint density at radius 1 is 1.29 bits per heavy atom. The van der Waals surface area contributed by atoms with Gasteiger partial charge in [0.15, 0.2) is 0 Å². The van der Waals surface area contributed by atoms with Gasteiger partial charge in [0.1, 0.15) is 10.3 Å². The zero-order valence-electron chi connectivity index (χ0n) is 11.2. The number of aromatic nitrogens is 3. The summed E-state index contributed by atoms with van der Waals surface area (Å²) in [6, 6.07) is 3.36. The summed E-state index contributed by atoms with van der Waals surface area (Å²) in [6.07, 6.45) is 8.51. The van der Waals surface area contributed by atoms with Crippen LogP contribution in [-0.4, -0.2) is 26.5 Å². The number of carbonyl (C=O) groups is 1. The quantitative estimate of drug-likeness (QED) is 0.882. The van der Waals surface area contributed by atoms with Gasteiger partial charge in [-0.3, -0.25) is 4.79 Å². The molecule has 0 saturated heterocycles. The Kier molecular flexibility index (Phi) is 4.12. The fraction of sp³-hybridized carbons (Fsp3) is 0.357. The number of nitrogens with zero attached hydrogens (tertiary/aromatic N) is 3. The van der Waals surface area contributed by atoms with E-state index < -0.39 is 0 Å². The van der Waals surface area contributed by atoms with Crippen LogP contribution in [0.25, 0.3) is 0 Å². The van der Waals surface area contributed by atoms with Gasteiger partial charge in [-0.2, -0.15) is 0 Å². The Balaban J connectivity index is 1.74. The summed E-state index contributed by atoms with van der Waals surface area (Å²) >= 11 is 11.7. The first-order valence-electron chi connectivity index (χ1n) is 6.75. The summed E-state index contributed by atoms with van der Waals surface area (Å²) < 4.78 is 2.05. The van der Waals surface area contributed by atoms with Crippen LogP contribution in [0.5, 0.6) is 0 Å². The van der Waals surface area contributed by atoms with Gasteiger partial charge in [0, 0.05) is 24.0 Å². The molecule has 3 rings (SSSR count). The molecule has 2 atom stereocenters. The molecule has 0 spiro atoms. The van der Waals surface area contributed by atoms with E-state index in [0.29, 0.717) is 5.56 Å². The molecule has 2 aromatic rings. The zero-order chi connectivity index (χ0) is 14.8. The van der Waals surface area contributed by atoms with Crippen molar-refractivity contribution in [3.8, 4) is 0 Å². The van der Waals surface area contributed by atoms with E-state index in [1.54, 1.807) is 12.5 Å². The van der Waals surface area contributed by atoms with E-state index in [2.05, 4.69) is 15.3 Å². The number of carbonyl (C=O) groups excluding carboxylic acids is 1. The first kappa shape index (κ1) is 14.4. The fourth-order valence-corrected chi connectivity index (χ4v) is 3.24. The number of hydrogen-bond acceptors (Lipinski definition) is 3. The van der Waals surface area contributed by atoms with Crippen LogP contribution >= 0.6 is 23.2 Å². The van der Waals surface area contributed by atoms with Crippen LogP contribution in [0.3, 0.4) is 0 Å². The summed E-state index contributed by atoms with van der Waals surface area (Å²) in [5.74, 6) is -0.182. The standard InChI is InChI=1S/C14H14Cl2N4O/c15-12-6-9(7-13(16)19-12)14(21)18-10-2-1-3-11(10)20-5-4-17-8-20/h4-8,10-11H,1-3H2,(H,18,21). The third kappa shape index (κ3) is 3.19. The van der Waals surface area contributed by atoms with Crippen molar-refractivity contribution in [1.29, 1.82) is 0 Å². The van der Waals surface area contributed by atoms with Gasteiger partial charge in [-0.05, 0) is 31.4 Å². The molecule has 7 heteroatoms. The van der Waals surface area contributed by atoms with Crippen LogP contribution < -0.4 is 5.32 Å². The molecule has 0 bridgehead atoms. The zero-order valence-corrected chi connectivity index (χ0v) is 12.7. The SMILES string of the molecule is O=C(NC1CCCC1n1ccnc1)c1cc(Cl)nc(Cl)c1. The van der Waals surface area contributed by atoms with Crippen molar-refractivity contribution in [2.24, 2.45) is 0 Å². The third-order valence-electron chi connectivity index (χ3n) is 3.73. The molecule has 2 heterocycles. The first-order chi connectivity index (χ1) is 10.1. The molecular weight excluding hydrogens is 311 g/mol. The van der Waals surface area contributed by atoms with Crippen LogP contribution in [-0.2, 0) is 0 Å². The van der Waals surface area contributed by atoms with E-state index in [4.69, 9.17) is 23.2 Å². The van der Waals surface area contributed by atoms with Gasteiger partial charge < -0.3 is 9.88 Å². The van der Waals surface area contributed by atoms with E-state index >= 15 is 0 Å². The lowest BCUT2D eigenvalue weighted by atomic mass is 10.1. The monoisotopic (exact) mass is 324 g/mol. The second kappa shape index (κ2) is 6.03. The highest BCUT2D eigenvalue weighted by Crippen LogP contribution is 2.30. The topological polar surface area (TPSA) is 59.8 Å². The molecule has 1 N–H and O–H groups in total. The van der Waals surface area contributed by atoms with Crippen molar-refractivity contribution in [1.82, 2.24) is 19.9 Å². The Morgan fingerprint density at radius 3 is 2.71 bits per heavy atom. The normalized spacial score (nSPS) is 21.4. The van der Waals surface area contributed by atoms with Gasteiger partial charge in [-0.25, -0.2) is 9.97 Å². The minimum Gasteiger partial charge on any atom is -0.347 e. The number of amides is 1. The number of pyridine rings is 1. The van der Waals surface area contributed by atoms with Gasteiger partial charge in [0.25, 0.3) is 5.91 Å². The van der Waals surface area contributed by atoms with E-state index in [1.807, 2.05) is 10.8 Å². The predicted molar refractivity (Wildman–Crippen MR) is 80.6 cm³/mol. The maximum absolute atomic E-state index is 12.3. The maximum atomic E-state index is 12.3. The number of rotatable bonds is 3. The van der Waals surface area contributed by atoms with Crippen molar-refractivity contribution in [2.45, 2.75) is 31.3 Å². The summed E-state index contributed by atoms with van der Waals surface area (Å²) in [5, 5.41) is 3.48. The van der Waals surface area contributed by atoms with Crippen LogP contribution in [0.1, 0.15) is 35.7 Å². The molecule has 1 aliphatic carbocycles. The second-order valence-electron chi connectivity index (χ2n) is 5.09. The maximum Gasteiger partial charge on any atom is 0.251 e. The number of nitrogens with one attached hydrogen (secondary N) is 1. The lowest BCUT2D eigenvalue weighted by Gasteiger charge is -2.22. The summed E-state index contributed by atoms with van der Waals surface area (Å²) in [6.45, 7) is 0. The minimum atomic E-state index is -0.182. The van der Waals surface area contributed by atoms with Gasteiger partial charge in [-0.1, -0.05) is 23.2 Å². The third-order valence-corrected chi connectivity index (χ3v) is 4.12. The average molecular weight is 325 g/mol. The van der Waals surface area contributed by atoms with Crippen LogP contribution in [0.2, 0.25) is 10.3 Å². The van der Waals surface area contributed by atoms with Crippen molar-refractivity contribution in [3.05, 3.63) is 46.7 Å². The smallest absolute Gasteiger partial charge is 0.251 e. The molecule has 5 nitrogen and oxygen atoms in total. The first-order valence-corrected chi connectivity index (χ1v) is 7.50. The number of imidazole rings is 1. The predicted octanol–water partition coefficient (Wildman–Crippen LogP) is 3.11. The molecule has 110 valence electrons. The van der Waals surface area contributed by atoms with Gasteiger partial charge in [0.2, 0.25) is 0 Å². The molecular formula is C14H14Cl2N4O. The van der Waals surface area contributed by atoms with Crippen molar-refractivity contribution in [3.63, 3.8) is 0 Å². The highest BCUT2D eigenvalue weighted by Gasteiger charge is 2.30. The van der Waals surface area contributed by atoms with E-state index in [9.17, 15) is 4.79 Å². The number of halogens is 2. The fourth-order valence-electron chi connectivity index (χ4n) is 2.78. The van der Waals surface area contributed by atoms with Crippen molar-refractivity contribution < 1.29 is 4.79 Å². The van der Waals surface area contributed by atoms with Gasteiger partial charge >= 0.3 is 0 Å². The largest absolute Gasteiger partial charge is 0.347 e. The van der Waals surface area contributed by atoms with Crippen molar-refractivity contribution in [2.75, 3.05) is 0 Å². The Bertz CT molecular complexity index is 624. The lowest BCUT2D eigenvalue weighted by Crippen LogP contribution is -2.38. The molecule has 0 aromatic carbocycles. The minimum absolute atomic E-state index is 0.0809. The molecule has 21 heavy (non-hydrogen) atoms. The van der Waals surface area contributed by atoms with Gasteiger partial charge in [-0.15, -0.1) is 0 Å². The summed E-state index contributed by atoms with van der Waals surface area (Å²) in [5.41, 5.74) is 0.427. The van der Waals surface area contributed by atoms with E-state index in [1.165, 1.54) is 12.1 Å². The Morgan fingerprint density at radius 2 is 2.05 bits per heavy atom. The highest BCUT2D eigenvalue weighted by molar-refractivity contribution is 6.33. The van der Waals surface area contributed by atoms with E-state index in [-0.39, 0.29) is 28.3 Å².